The summed E-state index contributed by atoms with van der Waals surface area (Å²) in [6, 6.07) is 0. The average molecular weight is 170 g/mol. The van der Waals surface area contributed by atoms with Crippen LogP contribution in [0.3, 0.4) is 0 Å². The van der Waals surface area contributed by atoms with Crippen molar-refractivity contribution in [2.24, 2.45) is 0 Å². The molecule has 0 saturated heterocycles. The zero-order chi connectivity index (χ0) is 8.08. The van der Waals surface area contributed by atoms with Crippen molar-refractivity contribution in [3.05, 3.63) is 0 Å². The lowest BCUT2D eigenvalue weighted by Gasteiger charge is -1.65. The van der Waals surface area contributed by atoms with Gasteiger partial charge in [-0.25, -0.2) is 0 Å². The van der Waals surface area contributed by atoms with Gasteiger partial charge in [-0.05, 0) is 0 Å². The summed E-state index contributed by atoms with van der Waals surface area (Å²) in [6.45, 7) is -3.67. The monoisotopic (exact) mass is 170 g/mol. The summed E-state index contributed by atoms with van der Waals surface area (Å²) in [6.07, 6.45) is 0. The minimum atomic E-state index is -5.17. The number of halogens is 4. The van der Waals surface area contributed by atoms with Gasteiger partial charge in [0.1, 0.15) is 0 Å². The van der Waals surface area contributed by atoms with Crippen molar-refractivity contribution < 1.29 is 30.0 Å². The highest BCUT2D eigenvalue weighted by molar-refractivity contribution is 7.80. The Morgan fingerprint density at radius 1 is 1.22 bits per heavy atom. The Hall–Kier alpha value is -0.370. The summed E-state index contributed by atoms with van der Waals surface area (Å²) in [4.78, 5) is 0. The molecule has 0 aliphatic rings. The standard InChI is InChI=1S/CHF3.FHO3S/c2-1(3)4;1-5(2,3)4/h1H;(H,2,3,4). The van der Waals surface area contributed by atoms with Crippen molar-refractivity contribution in [1.29, 1.82) is 0 Å². The van der Waals surface area contributed by atoms with Crippen molar-refractivity contribution in [2.45, 2.75) is 6.68 Å². The number of hydrogen-bond acceptors (Lipinski definition) is 2. The maximum absolute atomic E-state index is 10.2. The summed E-state index contributed by atoms with van der Waals surface area (Å²) in [5.74, 6) is 0. The normalized spacial score (nSPS) is 10.4. The third-order valence-electron chi connectivity index (χ3n) is 0. The van der Waals surface area contributed by atoms with Gasteiger partial charge in [-0.15, -0.1) is 0 Å². The predicted molar refractivity (Wildman–Crippen MR) is 19.8 cm³/mol. The zero-order valence-electron chi connectivity index (χ0n) is 3.76. The molecule has 0 radical (unpaired) electrons. The fourth-order valence-electron chi connectivity index (χ4n) is 0. The average Bonchev–Trinajstić information content (AvgIpc) is 1.19. The van der Waals surface area contributed by atoms with Gasteiger partial charge in [0.15, 0.2) is 0 Å². The second kappa shape index (κ2) is 4.50. The van der Waals surface area contributed by atoms with Crippen LogP contribution in [0.1, 0.15) is 0 Å². The highest BCUT2D eigenvalue weighted by Gasteiger charge is 1.89. The summed E-state index contributed by atoms with van der Waals surface area (Å²) < 4.78 is 63.1. The molecular formula is CH2F4O3S. The molecule has 0 fully saturated rings. The summed E-state index contributed by atoms with van der Waals surface area (Å²) in [5.41, 5.74) is 0. The topological polar surface area (TPSA) is 54.4 Å². The maximum atomic E-state index is 10.2. The van der Waals surface area contributed by atoms with Crippen LogP contribution in [0.25, 0.3) is 0 Å². The molecule has 8 heteroatoms. The van der Waals surface area contributed by atoms with Gasteiger partial charge < -0.3 is 0 Å². The van der Waals surface area contributed by atoms with E-state index in [0.29, 0.717) is 0 Å². The minimum absolute atomic E-state index is 3.67. The van der Waals surface area contributed by atoms with Gasteiger partial charge in [0.25, 0.3) is 0 Å². The molecule has 0 unspecified atom stereocenters. The van der Waals surface area contributed by atoms with Crippen molar-refractivity contribution >= 4 is 10.5 Å². The van der Waals surface area contributed by atoms with Gasteiger partial charge in [0, 0.05) is 0 Å². The molecule has 0 amide bonds. The first kappa shape index (κ1) is 11.4. The number of hydrogen-bond donors (Lipinski definition) is 1. The Bertz CT molecular complexity index is 127. The zero-order valence-corrected chi connectivity index (χ0v) is 4.58. The molecule has 0 aliphatic carbocycles. The fraction of sp³-hybridized carbons (Fsp3) is 1.00. The first-order valence-electron chi connectivity index (χ1n) is 1.32. The summed E-state index contributed by atoms with van der Waals surface area (Å²) >= 11 is 0. The molecule has 0 atom stereocenters. The Labute approximate surface area is 48.3 Å². The van der Waals surface area contributed by atoms with Gasteiger partial charge in [-0.3, -0.25) is 4.55 Å². The molecule has 0 spiro atoms. The molecule has 0 rings (SSSR count). The molecule has 0 aromatic carbocycles. The van der Waals surface area contributed by atoms with E-state index in [2.05, 4.69) is 0 Å². The van der Waals surface area contributed by atoms with Crippen LogP contribution < -0.4 is 0 Å². The second-order valence-electron chi connectivity index (χ2n) is 0.660. The van der Waals surface area contributed by atoms with Crippen molar-refractivity contribution in [1.82, 2.24) is 0 Å². The van der Waals surface area contributed by atoms with Crippen LogP contribution in [0.4, 0.5) is 17.1 Å². The van der Waals surface area contributed by atoms with E-state index < -0.39 is 17.2 Å². The highest BCUT2D eigenvalue weighted by Crippen LogP contribution is 1.87. The summed E-state index contributed by atoms with van der Waals surface area (Å²) in [5, 5.41) is 0. The Kier molecular flexibility index (Phi) is 5.72. The van der Waals surface area contributed by atoms with Crippen molar-refractivity contribution in [3.8, 4) is 0 Å². The maximum Gasteiger partial charge on any atom is 0.435 e. The third kappa shape index (κ3) is 1770. The van der Waals surface area contributed by atoms with Crippen LogP contribution in [-0.4, -0.2) is 19.6 Å². The first-order chi connectivity index (χ1) is 3.73. The third-order valence-corrected chi connectivity index (χ3v) is 0. The molecule has 3 nitrogen and oxygen atoms in total. The van der Waals surface area contributed by atoms with E-state index in [0.717, 1.165) is 0 Å². The number of rotatable bonds is 0. The van der Waals surface area contributed by atoms with E-state index in [1.807, 2.05) is 0 Å². The Balaban J connectivity index is 0. The van der Waals surface area contributed by atoms with Crippen LogP contribution >= 0.6 is 0 Å². The lowest BCUT2D eigenvalue weighted by atomic mass is 11.6. The molecule has 0 aromatic heterocycles. The van der Waals surface area contributed by atoms with Gasteiger partial charge in [0.2, 0.25) is 0 Å². The quantitative estimate of drug-likeness (QED) is 0.334. The van der Waals surface area contributed by atoms with Crippen LogP contribution in [0.15, 0.2) is 0 Å². The Morgan fingerprint density at radius 2 is 1.22 bits per heavy atom. The molecule has 0 aliphatic heterocycles. The second-order valence-corrected chi connectivity index (χ2v) is 1.48. The molecular weight excluding hydrogens is 168 g/mol. The first-order valence-corrected chi connectivity index (χ1v) is 2.67. The molecule has 0 saturated carbocycles. The van der Waals surface area contributed by atoms with Crippen LogP contribution in [0, 0.1) is 0 Å². The fourth-order valence-corrected chi connectivity index (χ4v) is 0. The lowest BCUT2D eigenvalue weighted by Crippen LogP contribution is -1.80. The molecule has 58 valence electrons. The van der Waals surface area contributed by atoms with Crippen LogP contribution in [0.2, 0.25) is 0 Å². The SMILES string of the molecule is FC(F)F.O=S(=O)(O)F. The predicted octanol–water partition coefficient (Wildman–Crippen LogP) is 0.937. The van der Waals surface area contributed by atoms with E-state index in [1.165, 1.54) is 0 Å². The molecule has 1 N–H and O–H groups in total. The van der Waals surface area contributed by atoms with E-state index in [9.17, 15) is 17.1 Å². The van der Waals surface area contributed by atoms with Gasteiger partial charge in [-0.1, -0.05) is 3.89 Å². The van der Waals surface area contributed by atoms with Gasteiger partial charge >= 0.3 is 17.2 Å². The molecule has 0 heterocycles. The van der Waals surface area contributed by atoms with E-state index >= 15 is 0 Å². The highest BCUT2D eigenvalue weighted by atomic mass is 32.3. The summed E-state index contributed by atoms with van der Waals surface area (Å²) in [7, 11) is -5.17. The molecule has 0 bridgehead atoms. The molecule has 9 heavy (non-hydrogen) atoms. The van der Waals surface area contributed by atoms with E-state index in [-0.39, 0.29) is 0 Å². The lowest BCUT2D eigenvalue weighted by molar-refractivity contribution is 0.00819. The minimum Gasteiger partial charge on any atom is -0.260 e. The van der Waals surface area contributed by atoms with Crippen LogP contribution in [0.5, 0.6) is 0 Å². The largest absolute Gasteiger partial charge is 0.435 e. The van der Waals surface area contributed by atoms with Crippen LogP contribution in [-0.2, 0) is 10.5 Å². The molecule has 0 aromatic rings. The van der Waals surface area contributed by atoms with E-state index in [1.54, 1.807) is 0 Å². The van der Waals surface area contributed by atoms with Gasteiger partial charge in [0.05, 0.1) is 0 Å². The van der Waals surface area contributed by atoms with Crippen molar-refractivity contribution in [2.75, 3.05) is 0 Å². The smallest absolute Gasteiger partial charge is 0.260 e. The Morgan fingerprint density at radius 3 is 1.22 bits per heavy atom. The van der Waals surface area contributed by atoms with Crippen molar-refractivity contribution in [3.63, 3.8) is 0 Å². The number of alkyl halides is 3. The van der Waals surface area contributed by atoms with Gasteiger partial charge in [-0.2, -0.15) is 21.6 Å². The van der Waals surface area contributed by atoms with E-state index in [4.69, 9.17) is 13.0 Å².